The standard InChI is InChI=1S/C21H30O2.C7H5N2O4.C2H6.Y/c1-16-2-4-17(5-3-16)18-6-8-19(9-7-18)20-10-12-21(13-11-20)23-15-14-22;1-5-2-6(8(10)11)4-7(3-5)9(12)13;1-2;/h10-19,22H,2-9H2,1H3;2-4H,1H2;1-2H3;/q;-1;;/b15-14-;;;. The molecule has 2 aromatic carbocycles. The van der Waals surface area contributed by atoms with E-state index >= 15 is 0 Å². The summed E-state index contributed by atoms with van der Waals surface area (Å²) in [6.45, 7) is 9.81. The zero-order chi connectivity index (χ0) is 28.1. The maximum absolute atomic E-state index is 10.3. The first-order chi connectivity index (χ1) is 18.3. The molecule has 0 atom stereocenters. The van der Waals surface area contributed by atoms with Crippen LogP contribution in [-0.4, -0.2) is 15.0 Å². The number of hydrogen-bond donors (Lipinski definition) is 1. The fraction of sp³-hybridized carbons (Fsp3) is 0.500. The Balaban J connectivity index is 0.000000407. The minimum absolute atomic E-state index is 0. The maximum atomic E-state index is 10.3. The van der Waals surface area contributed by atoms with Crippen LogP contribution in [0.2, 0.25) is 0 Å². The van der Waals surface area contributed by atoms with Crippen molar-refractivity contribution in [1.29, 1.82) is 0 Å². The topological polar surface area (TPSA) is 116 Å². The molecule has 0 saturated heterocycles. The quantitative estimate of drug-likeness (QED) is 0.150. The molecule has 0 spiro atoms. The number of ether oxygens (including phenoxy) is 1. The molecule has 0 aliphatic heterocycles. The predicted octanol–water partition coefficient (Wildman–Crippen LogP) is 8.90. The monoisotopic (exact) mass is 614 g/mol. The Hall–Kier alpha value is -2.45. The van der Waals surface area contributed by atoms with E-state index in [1.54, 1.807) is 0 Å². The van der Waals surface area contributed by atoms with Gasteiger partial charge < -0.3 is 9.84 Å². The van der Waals surface area contributed by atoms with Crippen molar-refractivity contribution in [3.05, 3.63) is 93.3 Å². The zero-order valence-corrected chi connectivity index (χ0v) is 26.2. The fourth-order valence-corrected chi connectivity index (χ4v) is 5.48. The van der Waals surface area contributed by atoms with Crippen LogP contribution in [0.3, 0.4) is 0 Å². The van der Waals surface area contributed by atoms with Crippen LogP contribution in [-0.2, 0) is 32.7 Å². The average Bonchev–Trinajstić information content (AvgIpc) is 2.94. The second kappa shape index (κ2) is 18.0. The van der Waals surface area contributed by atoms with Crippen LogP contribution >= 0.6 is 0 Å². The molecular formula is C30H41N2O6Y-. The first-order valence-corrected chi connectivity index (χ1v) is 13.6. The van der Waals surface area contributed by atoms with Gasteiger partial charge in [0.1, 0.15) is 18.3 Å². The molecule has 8 nitrogen and oxygen atoms in total. The molecule has 0 unspecified atom stereocenters. The van der Waals surface area contributed by atoms with Crippen molar-refractivity contribution in [3.8, 4) is 5.75 Å². The molecule has 211 valence electrons. The van der Waals surface area contributed by atoms with Gasteiger partial charge in [-0.3, -0.25) is 20.2 Å². The summed E-state index contributed by atoms with van der Waals surface area (Å²) < 4.78 is 5.27. The largest absolute Gasteiger partial charge is 0.512 e. The number of nitro groups is 2. The Labute approximate surface area is 257 Å². The van der Waals surface area contributed by atoms with Crippen molar-refractivity contribution in [1.82, 2.24) is 0 Å². The van der Waals surface area contributed by atoms with Gasteiger partial charge >= 0.3 is 0 Å². The molecule has 2 saturated carbocycles. The van der Waals surface area contributed by atoms with Crippen LogP contribution < -0.4 is 4.74 Å². The first kappa shape index (κ1) is 34.6. The van der Waals surface area contributed by atoms with E-state index in [1.807, 2.05) is 26.0 Å². The van der Waals surface area contributed by atoms with E-state index in [0.717, 1.165) is 41.7 Å². The van der Waals surface area contributed by atoms with Gasteiger partial charge in [0.25, 0.3) is 0 Å². The first-order valence-electron chi connectivity index (χ1n) is 13.6. The van der Waals surface area contributed by atoms with Crippen LogP contribution in [0, 0.1) is 44.9 Å². The van der Waals surface area contributed by atoms with Crippen LogP contribution in [0.15, 0.2) is 55.0 Å². The summed E-state index contributed by atoms with van der Waals surface area (Å²) in [5.41, 5.74) is 1.06. The van der Waals surface area contributed by atoms with E-state index < -0.39 is 9.85 Å². The number of non-ortho nitro benzene ring substituents is 2. The van der Waals surface area contributed by atoms with Crippen molar-refractivity contribution >= 4 is 11.4 Å². The third-order valence-electron chi connectivity index (χ3n) is 7.50. The van der Waals surface area contributed by atoms with Gasteiger partial charge in [0.2, 0.25) is 11.4 Å². The van der Waals surface area contributed by atoms with Crippen molar-refractivity contribution in [3.63, 3.8) is 0 Å². The molecule has 2 aliphatic carbocycles. The van der Waals surface area contributed by atoms with Crippen molar-refractivity contribution in [2.45, 2.75) is 78.1 Å². The summed E-state index contributed by atoms with van der Waals surface area (Å²) >= 11 is 0. The van der Waals surface area contributed by atoms with Gasteiger partial charge in [0.05, 0.1) is 6.07 Å². The van der Waals surface area contributed by atoms with E-state index in [9.17, 15) is 20.2 Å². The second-order valence-electron chi connectivity index (χ2n) is 9.98. The van der Waals surface area contributed by atoms with Gasteiger partial charge in [0.15, 0.2) is 0 Å². The molecule has 4 rings (SSSR count). The number of nitrogens with zero attached hydrogens (tertiary/aromatic N) is 2. The number of nitro benzene ring substituents is 2. The molecule has 0 heterocycles. The summed E-state index contributed by atoms with van der Waals surface area (Å²) in [7, 11) is 0. The molecule has 2 aliphatic rings. The molecule has 2 aromatic rings. The molecule has 39 heavy (non-hydrogen) atoms. The Kier molecular flexibility index (Phi) is 16.0. The third kappa shape index (κ3) is 11.3. The second-order valence-corrected chi connectivity index (χ2v) is 9.98. The van der Waals surface area contributed by atoms with Crippen molar-refractivity contribution in [2.24, 2.45) is 17.8 Å². The molecule has 2 fully saturated rings. The predicted molar refractivity (Wildman–Crippen MR) is 150 cm³/mol. The van der Waals surface area contributed by atoms with Gasteiger partial charge in [-0.15, -0.1) is 0 Å². The Bertz CT molecular complexity index is 1010. The Morgan fingerprint density at radius 3 is 1.74 bits per heavy atom. The summed E-state index contributed by atoms with van der Waals surface area (Å²) in [6, 6.07) is 11.6. The summed E-state index contributed by atoms with van der Waals surface area (Å²) in [4.78, 5) is 19.2. The molecule has 1 N–H and O–H groups in total. The zero-order valence-electron chi connectivity index (χ0n) is 23.3. The van der Waals surface area contributed by atoms with Crippen LogP contribution in [0.1, 0.15) is 89.2 Å². The summed E-state index contributed by atoms with van der Waals surface area (Å²) in [5.74, 6) is 4.45. The SMILES string of the molecule is CC.CC1CCC(C2CCC(c3ccc(O/C=C\O)cc3)CC2)CC1.[CH2-]c1cc([N+](=O)[O-])cc([N+](=O)[O-])c1.[Y]. The normalized spacial score (nSPS) is 22.2. The number of hydrogen-bond acceptors (Lipinski definition) is 6. The smallest absolute Gasteiger partial charge is 0.223 e. The number of aliphatic hydroxyl groups is 1. The summed E-state index contributed by atoms with van der Waals surface area (Å²) in [6.07, 6.45) is 13.6. The van der Waals surface area contributed by atoms with Crippen LogP contribution in [0.4, 0.5) is 11.4 Å². The molecule has 9 heteroatoms. The van der Waals surface area contributed by atoms with Gasteiger partial charge in [-0.1, -0.05) is 57.9 Å². The van der Waals surface area contributed by atoms with Gasteiger partial charge in [0, 0.05) is 42.6 Å². The average molecular weight is 615 g/mol. The summed E-state index contributed by atoms with van der Waals surface area (Å²) in [5, 5.41) is 29.2. The van der Waals surface area contributed by atoms with E-state index in [0.29, 0.717) is 0 Å². The van der Waals surface area contributed by atoms with Gasteiger partial charge in [-0.2, -0.15) is 12.5 Å². The number of aliphatic hydroxyl groups excluding tert-OH is 1. The van der Waals surface area contributed by atoms with Crippen molar-refractivity contribution in [2.75, 3.05) is 0 Å². The number of rotatable bonds is 6. The third-order valence-corrected chi connectivity index (χ3v) is 7.50. The Morgan fingerprint density at radius 1 is 0.846 bits per heavy atom. The maximum Gasteiger partial charge on any atom is 0.223 e. The number of benzene rings is 2. The van der Waals surface area contributed by atoms with E-state index in [4.69, 9.17) is 9.84 Å². The minimum Gasteiger partial charge on any atom is -0.512 e. The van der Waals surface area contributed by atoms with Gasteiger partial charge in [-0.25, -0.2) is 0 Å². The molecule has 0 bridgehead atoms. The van der Waals surface area contributed by atoms with E-state index in [-0.39, 0.29) is 49.6 Å². The van der Waals surface area contributed by atoms with Crippen LogP contribution in [0.25, 0.3) is 0 Å². The van der Waals surface area contributed by atoms with Gasteiger partial charge in [-0.05, 0) is 79.9 Å². The Morgan fingerprint density at radius 2 is 1.31 bits per heavy atom. The molecule has 0 aromatic heterocycles. The molecule has 1 radical (unpaired) electrons. The van der Waals surface area contributed by atoms with Crippen LogP contribution in [0.5, 0.6) is 5.75 Å². The molecular weight excluding hydrogens is 573 g/mol. The van der Waals surface area contributed by atoms with Crippen molar-refractivity contribution < 1.29 is 52.4 Å². The molecule has 0 amide bonds. The minimum atomic E-state index is -0.693. The van der Waals surface area contributed by atoms with E-state index in [2.05, 4.69) is 26.0 Å². The van der Waals surface area contributed by atoms with E-state index in [1.165, 1.54) is 75.3 Å². The fourth-order valence-electron chi connectivity index (χ4n) is 5.48.